The van der Waals surface area contributed by atoms with Gasteiger partial charge in [-0.25, -0.2) is 0 Å². The van der Waals surface area contributed by atoms with Gasteiger partial charge in [-0.3, -0.25) is 9.59 Å². The average Bonchev–Trinajstić information content (AvgIpc) is 2.09. The molecule has 0 aliphatic heterocycles. The summed E-state index contributed by atoms with van der Waals surface area (Å²) in [7, 11) is 0. The fourth-order valence-electron chi connectivity index (χ4n) is 0.681. The van der Waals surface area contributed by atoms with Crippen molar-refractivity contribution in [1.82, 2.24) is 4.98 Å². The van der Waals surface area contributed by atoms with Gasteiger partial charge in [-0.2, -0.15) is 0 Å². The molecule has 0 aliphatic carbocycles. The molecule has 4 nitrogen and oxygen atoms in total. The highest BCUT2D eigenvalue weighted by Gasteiger charge is 2.03. The molecule has 0 saturated carbocycles. The molecule has 0 saturated heterocycles. The molecule has 1 heterocycles. The molecule has 0 aliphatic rings. The van der Waals surface area contributed by atoms with Gasteiger partial charge in [0.1, 0.15) is 0 Å². The first-order chi connectivity index (χ1) is 5.74. The minimum absolute atomic E-state index is 0.0457. The normalized spacial score (nSPS) is 9.42. The molecule has 0 atom stereocenters. The number of hydrogen-bond donors (Lipinski definition) is 1. The lowest BCUT2D eigenvalue weighted by Crippen LogP contribution is -2.14. The van der Waals surface area contributed by atoms with E-state index < -0.39 is 5.97 Å². The van der Waals surface area contributed by atoms with Gasteiger partial charge in [0.05, 0.1) is 0 Å². The Morgan fingerprint density at radius 1 is 1.67 bits per heavy atom. The molecule has 0 bridgehead atoms. The van der Waals surface area contributed by atoms with Crippen molar-refractivity contribution in [1.29, 1.82) is 0 Å². The van der Waals surface area contributed by atoms with Crippen LogP contribution in [0, 0.1) is 0 Å². The minimum atomic E-state index is -0.410. The molecule has 0 amide bonds. The summed E-state index contributed by atoms with van der Waals surface area (Å²) in [6, 6.07) is 3.05. The smallest absolute Gasteiger partial charge is 0.311 e. The number of esters is 1. The monoisotopic (exact) mass is 167 g/mol. The van der Waals surface area contributed by atoms with Crippen LogP contribution >= 0.6 is 0 Å². The number of rotatable bonds is 2. The molecule has 64 valence electrons. The number of H-pyrrole nitrogens is 1. The van der Waals surface area contributed by atoms with Crippen molar-refractivity contribution in [3.63, 3.8) is 0 Å². The van der Waals surface area contributed by atoms with Crippen molar-refractivity contribution >= 4 is 5.97 Å². The number of carbonyl (C=O) groups is 1. The van der Waals surface area contributed by atoms with E-state index in [0.717, 1.165) is 0 Å². The van der Waals surface area contributed by atoms with Crippen LogP contribution in [-0.4, -0.2) is 11.0 Å². The third kappa shape index (κ3) is 1.95. The van der Waals surface area contributed by atoms with E-state index in [0.29, 0.717) is 0 Å². The maximum atomic E-state index is 10.9. The zero-order valence-electron chi connectivity index (χ0n) is 6.66. The number of hydrogen-bond acceptors (Lipinski definition) is 3. The van der Waals surface area contributed by atoms with Crippen molar-refractivity contribution < 1.29 is 9.53 Å². The predicted molar refractivity (Wildman–Crippen MR) is 43.0 cm³/mol. The van der Waals surface area contributed by atoms with Crippen molar-refractivity contribution in [2.75, 3.05) is 0 Å². The summed E-state index contributed by atoms with van der Waals surface area (Å²) in [5.41, 5.74) is -0.390. The molecule has 0 fully saturated rings. The van der Waals surface area contributed by atoms with Gasteiger partial charge < -0.3 is 9.72 Å². The maximum Gasteiger partial charge on any atom is 0.311 e. The van der Waals surface area contributed by atoms with Crippen LogP contribution in [0.25, 0.3) is 0 Å². The maximum absolute atomic E-state index is 10.9. The quantitative estimate of drug-likeness (QED) is 0.659. The molecule has 0 spiro atoms. The van der Waals surface area contributed by atoms with E-state index >= 15 is 0 Å². The van der Waals surface area contributed by atoms with Crippen molar-refractivity contribution in [3.05, 3.63) is 28.7 Å². The molecule has 0 unspecified atom stereocenters. The van der Waals surface area contributed by atoms with Gasteiger partial charge in [0.15, 0.2) is 5.75 Å². The van der Waals surface area contributed by atoms with Gasteiger partial charge >= 0.3 is 5.97 Å². The zero-order chi connectivity index (χ0) is 8.97. The molecule has 1 aromatic heterocycles. The number of carbonyl (C=O) groups excluding carboxylic acids is 1. The lowest BCUT2D eigenvalue weighted by atomic mass is 10.4. The Balaban J connectivity index is 2.83. The highest BCUT2D eigenvalue weighted by molar-refractivity contribution is 5.71. The van der Waals surface area contributed by atoms with Crippen LogP contribution in [0.1, 0.15) is 13.3 Å². The Hall–Kier alpha value is -1.58. The molecule has 1 N–H and O–H groups in total. The summed E-state index contributed by atoms with van der Waals surface area (Å²) in [6.07, 6.45) is 1.74. The van der Waals surface area contributed by atoms with Crippen molar-refractivity contribution in [2.45, 2.75) is 13.3 Å². The molecule has 1 aromatic rings. The second kappa shape index (κ2) is 3.71. The molecular weight excluding hydrogens is 158 g/mol. The number of pyridine rings is 1. The number of ether oxygens (including phenoxy) is 1. The fraction of sp³-hybridized carbons (Fsp3) is 0.250. The van der Waals surface area contributed by atoms with E-state index in [1.165, 1.54) is 12.3 Å². The molecule has 0 radical (unpaired) electrons. The number of aromatic nitrogens is 1. The lowest BCUT2D eigenvalue weighted by molar-refractivity contribution is -0.134. The van der Waals surface area contributed by atoms with Crippen molar-refractivity contribution in [2.24, 2.45) is 0 Å². The van der Waals surface area contributed by atoms with Crippen LogP contribution in [0.3, 0.4) is 0 Å². The second-order valence-electron chi connectivity index (χ2n) is 2.19. The minimum Gasteiger partial charge on any atom is -0.421 e. The first-order valence-electron chi connectivity index (χ1n) is 3.62. The van der Waals surface area contributed by atoms with E-state index in [9.17, 15) is 9.59 Å². The summed E-state index contributed by atoms with van der Waals surface area (Å²) < 4.78 is 4.71. The standard InChI is InChI=1S/C8H9NO3/c1-2-7(10)12-6-4-3-5-9-8(6)11/h3-5H,2H2,1H3,(H,9,11). The van der Waals surface area contributed by atoms with Gasteiger partial charge in [0.2, 0.25) is 0 Å². The first-order valence-corrected chi connectivity index (χ1v) is 3.62. The Bertz CT molecular complexity index is 329. The molecular formula is C8H9NO3. The van der Waals surface area contributed by atoms with Gasteiger partial charge in [0, 0.05) is 12.6 Å². The summed E-state index contributed by atoms with van der Waals surface area (Å²) in [5.74, 6) is -0.365. The van der Waals surface area contributed by atoms with E-state index in [-0.39, 0.29) is 17.7 Å². The van der Waals surface area contributed by atoms with Crippen molar-refractivity contribution in [3.8, 4) is 5.75 Å². The second-order valence-corrected chi connectivity index (χ2v) is 2.19. The van der Waals surface area contributed by atoms with Crippen LogP contribution in [0.5, 0.6) is 5.75 Å². The third-order valence-corrected chi connectivity index (χ3v) is 1.29. The first kappa shape index (κ1) is 8.52. The average molecular weight is 167 g/mol. The Morgan fingerprint density at radius 3 is 3.00 bits per heavy atom. The van der Waals surface area contributed by atoms with Crippen LogP contribution in [0.2, 0.25) is 0 Å². The molecule has 0 aromatic carbocycles. The van der Waals surface area contributed by atoms with Crippen LogP contribution < -0.4 is 10.3 Å². The largest absolute Gasteiger partial charge is 0.421 e. The zero-order valence-corrected chi connectivity index (χ0v) is 6.66. The number of nitrogens with one attached hydrogen (secondary N) is 1. The van der Waals surface area contributed by atoms with Gasteiger partial charge in [0.25, 0.3) is 5.56 Å². The summed E-state index contributed by atoms with van der Waals surface area (Å²) in [5, 5.41) is 0. The summed E-state index contributed by atoms with van der Waals surface area (Å²) >= 11 is 0. The van der Waals surface area contributed by atoms with E-state index in [1.54, 1.807) is 13.0 Å². The molecule has 12 heavy (non-hydrogen) atoms. The van der Waals surface area contributed by atoms with Crippen LogP contribution in [-0.2, 0) is 4.79 Å². The van der Waals surface area contributed by atoms with Gasteiger partial charge in [-0.1, -0.05) is 6.92 Å². The highest BCUT2D eigenvalue weighted by Crippen LogP contribution is 2.00. The SMILES string of the molecule is CCC(=O)Oc1ccc[nH]c1=O. The molecule has 4 heteroatoms. The summed E-state index contributed by atoms with van der Waals surface area (Å²) in [4.78, 5) is 24.1. The topological polar surface area (TPSA) is 59.2 Å². The molecule has 1 rings (SSSR count). The lowest BCUT2D eigenvalue weighted by Gasteiger charge is -1.98. The van der Waals surface area contributed by atoms with E-state index in [4.69, 9.17) is 4.74 Å². The Labute approximate surface area is 69.2 Å². The van der Waals surface area contributed by atoms with Crippen LogP contribution in [0.15, 0.2) is 23.1 Å². The number of aromatic amines is 1. The Morgan fingerprint density at radius 2 is 2.42 bits per heavy atom. The van der Waals surface area contributed by atoms with Gasteiger partial charge in [-0.05, 0) is 12.1 Å². The predicted octanol–water partition coefficient (Wildman–Crippen LogP) is 0.690. The fourth-order valence-corrected chi connectivity index (χ4v) is 0.681. The third-order valence-electron chi connectivity index (χ3n) is 1.29. The Kier molecular flexibility index (Phi) is 2.63. The summed E-state index contributed by atoms with van der Waals surface area (Å²) in [6.45, 7) is 1.67. The van der Waals surface area contributed by atoms with E-state index in [1.807, 2.05) is 0 Å². The van der Waals surface area contributed by atoms with Gasteiger partial charge in [-0.15, -0.1) is 0 Å². The van der Waals surface area contributed by atoms with E-state index in [2.05, 4.69) is 4.98 Å². The van der Waals surface area contributed by atoms with Crippen LogP contribution in [0.4, 0.5) is 0 Å². The highest BCUT2D eigenvalue weighted by atomic mass is 16.5.